The second-order valence-corrected chi connectivity index (χ2v) is 8.47. The van der Waals surface area contributed by atoms with Crippen LogP contribution >= 0.6 is 0 Å². The number of aliphatic carboxylic acids is 1. The predicted molar refractivity (Wildman–Crippen MR) is 128 cm³/mol. The number of aryl methyl sites for hydroxylation is 3. The molecule has 0 radical (unpaired) electrons. The number of amides is 1. The summed E-state index contributed by atoms with van der Waals surface area (Å²) in [6.07, 6.45) is -0.338. The van der Waals surface area contributed by atoms with E-state index in [1.54, 1.807) is 12.1 Å². The quantitative estimate of drug-likeness (QED) is 0.529. The number of hydrogen-bond acceptors (Lipinski definition) is 5. The molecule has 0 fully saturated rings. The summed E-state index contributed by atoms with van der Waals surface area (Å²) in [4.78, 5) is 24.1. The molecular weight excluding hydrogens is 434 g/mol. The van der Waals surface area contributed by atoms with Gasteiger partial charge in [0, 0.05) is 11.3 Å². The zero-order valence-corrected chi connectivity index (χ0v) is 19.4. The van der Waals surface area contributed by atoms with Crippen LogP contribution in [0.5, 0.6) is 17.2 Å². The van der Waals surface area contributed by atoms with E-state index in [0.717, 1.165) is 22.4 Å². The van der Waals surface area contributed by atoms with Crippen LogP contribution in [0, 0.1) is 20.8 Å². The highest BCUT2D eigenvalue weighted by Gasteiger charge is 2.22. The Labute approximate surface area is 198 Å². The van der Waals surface area contributed by atoms with Gasteiger partial charge in [-0.15, -0.1) is 0 Å². The van der Waals surface area contributed by atoms with Gasteiger partial charge in [-0.3, -0.25) is 9.59 Å². The van der Waals surface area contributed by atoms with Crippen molar-refractivity contribution >= 4 is 17.6 Å². The lowest BCUT2D eigenvalue weighted by Gasteiger charge is -2.26. The number of carbonyl (C=O) groups is 2. The van der Waals surface area contributed by atoms with Gasteiger partial charge in [-0.25, -0.2) is 0 Å². The van der Waals surface area contributed by atoms with E-state index in [0.29, 0.717) is 41.5 Å². The Morgan fingerprint density at radius 2 is 1.74 bits per heavy atom. The van der Waals surface area contributed by atoms with Gasteiger partial charge >= 0.3 is 5.97 Å². The first-order valence-corrected chi connectivity index (χ1v) is 11.0. The van der Waals surface area contributed by atoms with Crippen molar-refractivity contribution in [3.63, 3.8) is 0 Å². The number of anilines is 1. The number of fused-ring (bicyclic) bond motifs is 1. The molecule has 7 heteroatoms. The molecule has 1 aliphatic heterocycles. The molecule has 7 nitrogen and oxygen atoms in total. The Bertz CT molecular complexity index is 1210. The lowest BCUT2D eigenvalue weighted by molar-refractivity contribution is -0.136. The van der Waals surface area contributed by atoms with Gasteiger partial charge in [0.1, 0.15) is 19.0 Å². The number of para-hydroxylation sites is 2. The topological polar surface area (TPSA) is 94.1 Å². The minimum absolute atomic E-state index is 0.101. The number of nitrogens with one attached hydrogen (secondary N) is 1. The molecule has 176 valence electrons. The van der Waals surface area contributed by atoms with Crippen LogP contribution < -0.4 is 19.5 Å². The van der Waals surface area contributed by atoms with Crippen LogP contribution in [0.4, 0.5) is 5.69 Å². The van der Waals surface area contributed by atoms with Crippen molar-refractivity contribution in [2.45, 2.75) is 33.3 Å². The largest absolute Gasteiger partial charge is 0.490 e. The van der Waals surface area contributed by atoms with E-state index in [1.807, 2.05) is 63.2 Å². The SMILES string of the molecule is Cc1cc(CC(=O)O)cc(NC(=O)c2c(C)cc(OC[C@@H]3COc4ccccc4O3)cc2C)c1. The number of benzene rings is 3. The molecule has 0 saturated carbocycles. The van der Waals surface area contributed by atoms with E-state index in [2.05, 4.69) is 5.32 Å². The second kappa shape index (κ2) is 9.87. The van der Waals surface area contributed by atoms with Crippen molar-refractivity contribution in [1.29, 1.82) is 0 Å². The van der Waals surface area contributed by atoms with Crippen molar-refractivity contribution in [1.82, 2.24) is 0 Å². The molecular formula is C27H27NO6. The maximum absolute atomic E-state index is 13.0. The van der Waals surface area contributed by atoms with Crippen LogP contribution in [0.2, 0.25) is 0 Å². The molecule has 0 bridgehead atoms. The second-order valence-electron chi connectivity index (χ2n) is 8.47. The van der Waals surface area contributed by atoms with Crippen LogP contribution in [-0.4, -0.2) is 36.3 Å². The minimum atomic E-state index is -0.917. The van der Waals surface area contributed by atoms with Crippen molar-refractivity contribution < 1.29 is 28.9 Å². The first-order chi connectivity index (χ1) is 16.3. The summed E-state index contributed by atoms with van der Waals surface area (Å²) in [6, 6.07) is 16.5. The molecule has 2 N–H and O–H groups in total. The number of rotatable bonds is 7. The lowest BCUT2D eigenvalue weighted by atomic mass is 10.0. The third kappa shape index (κ3) is 5.49. The van der Waals surface area contributed by atoms with E-state index in [-0.39, 0.29) is 18.4 Å². The average Bonchev–Trinajstić information content (AvgIpc) is 2.76. The van der Waals surface area contributed by atoms with Crippen molar-refractivity contribution in [2.75, 3.05) is 18.5 Å². The molecule has 1 heterocycles. The summed E-state index contributed by atoms with van der Waals surface area (Å²) < 4.78 is 17.6. The van der Waals surface area contributed by atoms with Crippen molar-refractivity contribution in [3.05, 3.63) is 82.4 Å². The third-order valence-electron chi connectivity index (χ3n) is 5.49. The number of carboxylic acids is 1. The van der Waals surface area contributed by atoms with Crippen LogP contribution in [0.25, 0.3) is 0 Å². The van der Waals surface area contributed by atoms with Crippen molar-refractivity contribution in [2.24, 2.45) is 0 Å². The fraction of sp³-hybridized carbons (Fsp3) is 0.259. The molecule has 34 heavy (non-hydrogen) atoms. The normalized spacial score (nSPS) is 14.4. The first-order valence-electron chi connectivity index (χ1n) is 11.0. The van der Waals surface area contributed by atoms with E-state index >= 15 is 0 Å². The van der Waals surface area contributed by atoms with Gasteiger partial charge in [0.15, 0.2) is 17.6 Å². The van der Waals surface area contributed by atoms with Gasteiger partial charge in [0.05, 0.1) is 6.42 Å². The highest BCUT2D eigenvalue weighted by atomic mass is 16.6. The first kappa shape index (κ1) is 23.2. The monoisotopic (exact) mass is 461 g/mol. The summed E-state index contributed by atoms with van der Waals surface area (Å²) in [5, 5.41) is 12.0. The average molecular weight is 462 g/mol. The Morgan fingerprint density at radius 1 is 1.03 bits per heavy atom. The third-order valence-corrected chi connectivity index (χ3v) is 5.49. The Kier molecular flexibility index (Phi) is 6.72. The summed E-state index contributed by atoms with van der Waals surface area (Å²) in [6.45, 7) is 6.29. The van der Waals surface area contributed by atoms with Crippen LogP contribution in [0.1, 0.15) is 32.6 Å². The summed E-state index contributed by atoms with van der Waals surface area (Å²) >= 11 is 0. The number of hydrogen-bond donors (Lipinski definition) is 2. The molecule has 0 aliphatic carbocycles. The van der Waals surface area contributed by atoms with Crippen LogP contribution in [-0.2, 0) is 11.2 Å². The summed E-state index contributed by atoms with van der Waals surface area (Å²) in [7, 11) is 0. The van der Waals surface area contributed by atoms with E-state index < -0.39 is 5.97 Å². The molecule has 4 rings (SSSR count). The summed E-state index contributed by atoms with van der Waals surface area (Å²) in [5.74, 6) is 0.899. The zero-order chi connectivity index (χ0) is 24.2. The van der Waals surface area contributed by atoms with Gasteiger partial charge in [-0.05, 0) is 79.4 Å². The number of carboxylic acid groups (broad SMARTS) is 1. The van der Waals surface area contributed by atoms with Crippen molar-refractivity contribution in [3.8, 4) is 17.2 Å². The maximum atomic E-state index is 13.0. The molecule has 3 aromatic carbocycles. The Hall–Kier alpha value is -4.00. The molecule has 3 aromatic rings. The highest BCUT2D eigenvalue weighted by Crippen LogP contribution is 2.31. The summed E-state index contributed by atoms with van der Waals surface area (Å²) in [5.41, 5.74) is 4.18. The molecule has 1 aliphatic rings. The number of ether oxygens (including phenoxy) is 3. The van der Waals surface area contributed by atoms with Crippen LogP contribution in [0.15, 0.2) is 54.6 Å². The maximum Gasteiger partial charge on any atom is 0.307 e. The molecule has 0 aromatic heterocycles. The van der Waals surface area contributed by atoms with E-state index in [1.165, 1.54) is 0 Å². The van der Waals surface area contributed by atoms with Crippen LogP contribution in [0.3, 0.4) is 0 Å². The zero-order valence-electron chi connectivity index (χ0n) is 19.4. The molecule has 1 amide bonds. The Morgan fingerprint density at radius 3 is 2.44 bits per heavy atom. The van der Waals surface area contributed by atoms with Gasteiger partial charge in [0.2, 0.25) is 0 Å². The molecule has 0 spiro atoms. The highest BCUT2D eigenvalue weighted by molar-refractivity contribution is 6.06. The molecule has 1 atom stereocenters. The predicted octanol–water partition coefficient (Wildman–Crippen LogP) is 4.71. The van der Waals surface area contributed by atoms with E-state index in [4.69, 9.17) is 19.3 Å². The lowest BCUT2D eigenvalue weighted by Crippen LogP contribution is -2.34. The fourth-order valence-electron chi connectivity index (χ4n) is 4.10. The standard InChI is InChI=1S/C27H27NO6/c1-16-8-19(13-25(29)30)12-20(9-16)28-27(31)26-17(2)10-21(11-18(26)3)32-14-22-15-33-23-6-4-5-7-24(23)34-22/h4-12,22H,13-15H2,1-3H3,(H,28,31)(H,29,30)/t22-/m1/s1. The smallest absolute Gasteiger partial charge is 0.307 e. The fourth-order valence-corrected chi connectivity index (χ4v) is 4.10. The van der Waals surface area contributed by atoms with Gasteiger partial charge in [-0.1, -0.05) is 18.2 Å². The molecule has 0 unspecified atom stereocenters. The molecule has 0 saturated heterocycles. The van der Waals surface area contributed by atoms with Gasteiger partial charge < -0.3 is 24.6 Å². The minimum Gasteiger partial charge on any atom is -0.490 e. The van der Waals surface area contributed by atoms with Gasteiger partial charge in [0.25, 0.3) is 5.91 Å². The number of carbonyl (C=O) groups excluding carboxylic acids is 1. The Balaban J connectivity index is 1.43. The van der Waals surface area contributed by atoms with E-state index in [9.17, 15) is 9.59 Å². The van der Waals surface area contributed by atoms with Gasteiger partial charge in [-0.2, -0.15) is 0 Å².